The van der Waals surface area contributed by atoms with E-state index in [2.05, 4.69) is 10.6 Å². The van der Waals surface area contributed by atoms with E-state index in [1.807, 2.05) is 52.0 Å². The fourth-order valence-electron chi connectivity index (χ4n) is 6.56. The van der Waals surface area contributed by atoms with E-state index in [9.17, 15) is 26.4 Å². The number of carbonyl (C=O) groups is 2. The minimum Gasteiger partial charge on any atom is -0.373 e. The van der Waals surface area contributed by atoms with Gasteiger partial charge in [-0.3, -0.25) is 9.59 Å². The number of benzene rings is 4. The third-order valence-corrected chi connectivity index (χ3v) is 12.8. The molecule has 0 spiro atoms. The number of sulfonamides is 2. The highest BCUT2D eigenvalue weighted by Gasteiger charge is 2.33. The van der Waals surface area contributed by atoms with Crippen molar-refractivity contribution in [3.05, 3.63) is 119 Å². The molecule has 2 N–H and O–H groups in total. The standard InChI is InChI=1S/C39H44N4O8S2/c1-26-22-42(23-27(2)50-26)52(46,47)36-17-9-32(10-18-36)38(44)40-34-13-5-30(6-14-34)21-31-7-15-35(16-8-31)41-39(45)33-11-19-37(20-12-33)53(48,49)43-24-28(3)51-29(4)25-43/h5-20,26-29H,21-25H2,1-4H3,(H,40,44)(H,41,45)/t26-,27-,28+,29+. The molecule has 2 amide bonds. The molecular formula is C39H44N4O8S2. The maximum Gasteiger partial charge on any atom is 0.255 e. The highest BCUT2D eigenvalue weighted by Crippen LogP contribution is 2.24. The predicted octanol–water partition coefficient (Wildman–Crippen LogP) is 5.38. The van der Waals surface area contributed by atoms with Gasteiger partial charge in [-0.1, -0.05) is 24.3 Å². The molecule has 2 saturated heterocycles. The van der Waals surface area contributed by atoms with Crippen LogP contribution in [0.25, 0.3) is 0 Å². The van der Waals surface area contributed by atoms with Gasteiger partial charge in [0, 0.05) is 48.7 Å². The number of hydrogen-bond acceptors (Lipinski definition) is 8. The quantitative estimate of drug-likeness (QED) is 0.219. The second-order valence-corrected chi connectivity index (χ2v) is 17.6. The third kappa shape index (κ3) is 9.21. The second-order valence-electron chi connectivity index (χ2n) is 13.7. The first-order valence-corrected chi connectivity index (χ1v) is 20.4. The number of nitrogens with one attached hydrogen (secondary N) is 2. The number of ether oxygens (including phenoxy) is 2. The summed E-state index contributed by atoms with van der Waals surface area (Å²) in [7, 11) is -7.42. The molecule has 0 radical (unpaired) electrons. The van der Waals surface area contributed by atoms with Gasteiger partial charge >= 0.3 is 0 Å². The van der Waals surface area contributed by atoms with Crippen LogP contribution in [0.5, 0.6) is 0 Å². The Morgan fingerprint density at radius 1 is 0.528 bits per heavy atom. The molecule has 0 aliphatic carbocycles. The van der Waals surface area contributed by atoms with Crippen LogP contribution in [-0.2, 0) is 35.9 Å². The first kappa shape index (κ1) is 38.3. The summed E-state index contributed by atoms with van der Waals surface area (Å²) in [5, 5.41) is 5.72. The van der Waals surface area contributed by atoms with E-state index in [1.165, 1.54) is 57.1 Å². The Bertz CT molecular complexity index is 1970. The van der Waals surface area contributed by atoms with Crippen molar-refractivity contribution in [3.8, 4) is 0 Å². The lowest BCUT2D eigenvalue weighted by Gasteiger charge is -2.34. The molecule has 53 heavy (non-hydrogen) atoms. The van der Waals surface area contributed by atoms with Gasteiger partial charge in [-0.2, -0.15) is 8.61 Å². The highest BCUT2D eigenvalue weighted by atomic mass is 32.2. The SMILES string of the molecule is C[C@@H]1CN(S(=O)(=O)c2ccc(C(=O)Nc3ccc(Cc4ccc(NC(=O)c5ccc(S(=O)(=O)N6C[C@H](C)O[C@@H](C)C6)cc5)cc4)cc3)cc2)C[C@@H](C)O1. The molecule has 0 unspecified atom stereocenters. The zero-order valence-corrected chi connectivity index (χ0v) is 31.7. The number of amides is 2. The number of carbonyl (C=O) groups excluding carboxylic acids is 2. The van der Waals surface area contributed by atoms with Crippen molar-refractivity contribution in [2.75, 3.05) is 36.8 Å². The van der Waals surface area contributed by atoms with Crippen LogP contribution in [0.4, 0.5) is 11.4 Å². The van der Waals surface area contributed by atoms with Crippen molar-refractivity contribution >= 4 is 43.2 Å². The first-order chi connectivity index (χ1) is 25.2. The Morgan fingerprint density at radius 3 is 1.13 bits per heavy atom. The molecule has 2 aliphatic heterocycles. The average molecular weight is 761 g/mol. The summed E-state index contributed by atoms with van der Waals surface area (Å²) in [6, 6.07) is 26.7. The van der Waals surface area contributed by atoms with Crippen molar-refractivity contribution in [3.63, 3.8) is 0 Å². The van der Waals surface area contributed by atoms with E-state index in [0.717, 1.165) is 11.1 Å². The van der Waals surface area contributed by atoms with Crippen molar-refractivity contribution in [1.29, 1.82) is 0 Å². The number of morpholine rings is 2. The van der Waals surface area contributed by atoms with Crippen LogP contribution in [0, 0.1) is 0 Å². The van der Waals surface area contributed by atoms with Crippen molar-refractivity contribution < 1.29 is 35.9 Å². The lowest BCUT2D eigenvalue weighted by atomic mass is 10.0. The molecular weight excluding hydrogens is 717 g/mol. The van der Waals surface area contributed by atoms with Gasteiger partial charge in [-0.05, 0) is 118 Å². The van der Waals surface area contributed by atoms with Crippen LogP contribution in [-0.4, -0.2) is 87.9 Å². The van der Waals surface area contributed by atoms with E-state index in [1.54, 1.807) is 24.3 Å². The summed E-state index contributed by atoms with van der Waals surface area (Å²) in [5.41, 5.74) is 3.89. The molecule has 4 atom stereocenters. The fourth-order valence-corrected chi connectivity index (χ4v) is 9.74. The number of rotatable bonds is 10. The zero-order valence-electron chi connectivity index (χ0n) is 30.1. The van der Waals surface area contributed by atoms with Gasteiger partial charge < -0.3 is 20.1 Å². The molecule has 4 aromatic rings. The number of nitrogens with zero attached hydrogens (tertiary/aromatic N) is 2. The summed E-state index contributed by atoms with van der Waals surface area (Å²) in [4.78, 5) is 26.1. The lowest BCUT2D eigenvalue weighted by Crippen LogP contribution is -2.48. The number of hydrogen-bond donors (Lipinski definition) is 2. The Morgan fingerprint density at radius 2 is 0.830 bits per heavy atom. The van der Waals surface area contributed by atoms with Crippen LogP contribution in [0.15, 0.2) is 107 Å². The van der Waals surface area contributed by atoms with Crippen LogP contribution in [0.1, 0.15) is 59.5 Å². The lowest BCUT2D eigenvalue weighted by molar-refractivity contribution is -0.0442. The Balaban J connectivity index is 0.998. The third-order valence-electron chi connectivity index (χ3n) is 9.11. The van der Waals surface area contributed by atoms with Gasteiger partial charge in [0.2, 0.25) is 20.0 Å². The normalized spacial score (nSPS) is 21.5. The Hall–Kier alpha value is -4.44. The minimum absolute atomic E-state index is 0.129. The summed E-state index contributed by atoms with van der Waals surface area (Å²) >= 11 is 0. The minimum atomic E-state index is -3.71. The monoisotopic (exact) mass is 760 g/mol. The topological polar surface area (TPSA) is 151 Å². The van der Waals surface area contributed by atoms with E-state index < -0.39 is 20.0 Å². The maximum atomic E-state index is 13.1. The van der Waals surface area contributed by atoms with E-state index in [-0.39, 0.29) is 72.2 Å². The molecule has 0 bridgehead atoms. The summed E-state index contributed by atoms with van der Waals surface area (Å²) < 4.78 is 66.7. The fraction of sp³-hybridized carbons (Fsp3) is 0.333. The van der Waals surface area contributed by atoms with Gasteiger partial charge in [-0.25, -0.2) is 16.8 Å². The van der Waals surface area contributed by atoms with Crippen LogP contribution >= 0.6 is 0 Å². The molecule has 2 fully saturated rings. The molecule has 12 nitrogen and oxygen atoms in total. The van der Waals surface area contributed by atoms with Crippen LogP contribution in [0.3, 0.4) is 0 Å². The molecule has 2 aliphatic rings. The molecule has 6 rings (SSSR count). The van der Waals surface area contributed by atoms with Gasteiger partial charge in [0.25, 0.3) is 11.8 Å². The van der Waals surface area contributed by atoms with Crippen molar-refractivity contribution in [2.24, 2.45) is 0 Å². The Kier molecular flexibility index (Phi) is 11.5. The zero-order chi connectivity index (χ0) is 37.9. The maximum absolute atomic E-state index is 13.1. The van der Waals surface area contributed by atoms with E-state index in [0.29, 0.717) is 28.9 Å². The van der Waals surface area contributed by atoms with Gasteiger partial charge in [-0.15, -0.1) is 0 Å². The van der Waals surface area contributed by atoms with Crippen molar-refractivity contribution in [2.45, 2.75) is 68.3 Å². The second kappa shape index (κ2) is 15.9. The molecule has 14 heteroatoms. The first-order valence-electron chi connectivity index (χ1n) is 17.5. The van der Waals surface area contributed by atoms with E-state index in [4.69, 9.17) is 9.47 Å². The molecule has 0 aromatic heterocycles. The van der Waals surface area contributed by atoms with Gasteiger partial charge in [0.1, 0.15) is 0 Å². The molecule has 4 aromatic carbocycles. The molecule has 2 heterocycles. The Labute approximate surface area is 311 Å². The molecule has 280 valence electrons. The smallest absolute Gasteiger partial charge is 0.255 e. The van der Waals surface area contributed by atoms with Crippen LogP contribution < -0.4 is 10.6 Å². The van der Waals surface area contributed by atoms with E-state index >= 15 is 0 Å². The summed E-state index contributed by atoms with van der Waals surface area (Å²) in [5.74, 6) is -0.711. The summed E-state index contributed by atoms with van der Waals surface area (Å²) in [6.45, 7) is 8.48. The largest absolute Gasteiger partial charge is 0.373 e. The summed E-state index contributed by atoms with van der Waals surface area (Å²) in [6.07, 6.45) is -0.180. The average Bonchev–Trinajstić information content (AvgIpc) is 3.12. The van der Waals surface area contributed by atoms with Gasteiger partial charge in [0.15, 0.2) is 0 Å². The van der Waals surface area contributed by atoms with Gasteiger partial charge in [0.05, 0.1) is 34.2 Å². The van der Waals surface area contributed by atoms with Crippen LogP contribution in [0.2, 0.25) is 0 Å². The van der Waals surface area contributed by atoms with Crippen molar-refractivity contribution in [1.82, 2.24) is 8.61 Å². The number of anilines is 2. The highest BCUT2D eigenvalue weighted by molar-refractivity contribution is 7.89. The molecule has 0 saturated carbocycles. The predicted molar refractivity (Wildman–Crippen MR) is 202 cm³/mol.